The molecule has 16 heteroatoms. The van der Waals surface area contributed by atoms with Crippen LogP contribution in [0.15, 0.2) is 31.6 Å². The van der Waals surface area contributed by atoms with E-state index < -0.39 is 72.6 Å². The van der Waals surface area contributed by atoms with Crippen LogP contribution in [0, 0.1) is 0 Å². The molecule has 2 aromatic heterocycles. The van der Waals surface area contributed by atoms with E-state index >= 15 is 0 Å². The Hall–Kier alpha value is -2.96. The first-order chi connectivity index (χ1) is 17.1. The summed E-state index contributed by atoms with van der Waals surface area (Å²) in [5.74, 6) is 0. The molecule has 4 heterocycles. The number of hydrogen-bond donors (Lipinski definition) is 8. The zero-order valence-corrected chi connectivity index (χ0v) is 18.9. The quantitative estimate of drug-likeness (QED) is 0.180. The Morgan fingerprint density at radius 1 is 0.722 bits per heavy atom. The van der Waals surface area contributed by atoms with Gasteiger partial charge in [0.25, 0.3) is 11.1 Å². The zero-order chi connectivity index (χ0) is 26.6. The molecular weight excluding hydrogens is 488 g/mol. The van der Waals surface area contributed by atoms with Crippen molar-refractivity contribution in [2.24, 2.45) is 0 Å². The predicted molar refractivity (Wildman–Crippen MR) is 118 cm³/mol. The molecule has 200 valence electrons. The minimum atomic E-state index is -0.878. The maximum Gasteiger partial charge on any atom is 0.330 e. The van der Waals surface area contributed by atoms with E-state index in [0.717, 1.165) is 9.13 Å². The highest BCUT2D eigenvalue weighted by atomic mass is 16.5. The lowest BCUT2D eigenvalue weighted by Crippen LogP contribution is -2.34. The second kappa shape index (κ2) is 11.8. The normalized spacial score (nSPS) is 27.6. The number of aliphatic hydroxyl groups is 6. The van der Waals surface area contributed by atoms with Crippen LogP contribution >= 0.6 is 0 Å². The third-order valence-corrected chi connectivity index (χ3v) is 5.81. The van der Waals surface area contributed by atoms with Crippen LogP contribution in [0.4, 0.5) is 0 Å². The molecule has 4 rings (SSSR count). The van der Waals surface area contributed by atoms with Crippen molar-refractivity contribution in [2.75, 3.05) is 13.2 Å². The number of hydrogen-bond acceptors (Lipinski definition) is 12. The first-order valence-corrected chi connectivity index (χ1v) is 10.9. The van der Waals surface area contributed by atoms with E-state index in [0.29, 0.717) is 0 Å². The monoisotopic (exact) mass is 516 g/mol. The van der Waals surface area contributed by atoms with Gasteiger partial charge in [0.2, 0.25) is 0 Å². The molecule has 16 nitrogen and oxygen atoms in total. The SMILES string of the molecule is O=c1[nH]c(=O)n([C@H]2C[C@H](O)[C@@H](CO)O2)cc1CO.O=c1[nH]c(=O)n([C@H]2C[C@H](O)[C@@H](CO)O2)cc1CO. The van der Waals surface area contributed by atoms with E-state index in [2.05, 4.69) is 9.97 Å². The predicted octanol–water partition coefficient (Wildman–Crippen LogP) is -4.66. The van der Waals surface area contributed by atoms with Crippen molar-refractivity contribution in [3.63, 3.8) is 0 Å². The van der Waals surface area contributed by atoms with Crippen LogP contribution in [0.3, 0.4) is 0 Å². The number of H-pyrrole nitrogens is 2. The smallest absolute Gasteiger partial charge is 0.330 e. The Labute approximate surface area is 201 Å². The number of nitrogens with one attached hydrogen (secondary N) is 2. The van der Waals surface area contributed by atoms with Crippen LogP contribution in [0.25, 0.3) is 0 Å². The molecule has 0 saturated carbocycles. The van der Waals surface area contributed by atoms with Crippen molar-refractivity contribution >= 4 is 0 Å². The zero-order valence-electron chi connectivity index (χ0n) is 18.9. The summed E-state index contributed by atoms with van der Waals surface area (Å²) in [7, 11) is 0. The molecule has 0 bridgehead atoms. The van der Waals surface area contributed by atoms with Gasteiger partial charge < -0.3 is 40.1 Å². The summed E-state index contributed by atoms with van der Waals surface area (Å²) in [6.45, 7) is -1.73. The van der Waals surface area contributed by atoms with Crippen molar-refractivity contribution in [1.29, 1.82) is 0 Å². The van der Waals surface area contributed by atoms with Gasteiger partial charge in [0.1, 0.15) is 24.7 Å². The molecule has 0 amide bonds. The van der Waals surface area contributed by atoms with Crippen LogP contribution in [-0.4, -0.2) is 87.4 Å². The number of aliphatic hydroxyl groups excluding tert-OH is 6. The molecule has 0 unspecified atom stereocenters. The Morgan fingerprint density at radius 2 is 1.08 bits per heavy atom. The number of aromatic nitrogens is 4. The summed E-state index contributed by atoms with van der Waals surface area (Å²) in [6.07, 6.45) is -2.18. The van der Waals surface area contributed by atoms with Gasteiger partial charge in [0.05, 0.1) is 49.8 Å². The maximum absolute atomic E-state index is 11.6. The van der Waals surface area contributed by atoms with E-state index in [9.17, 15) is 29.4 Å². The van der Waals surface area contributed by atoms with E-state index in [1.165, 1.54) is 12.4 Å². The average molecular weight is 516 g/mol. The summed E-state index contributed by atoms with van der Waals surface area (Å²) in [5.41, 5.74) is -2.63. The van der Waals surface area contributed by atoms with E-state index in [1.807, 2.05) is 0 Å². The Morgan fingerprint density at radius 3 is 1.36 bits per heavy atom. The third kappa shape index (κ3) is 5.88. The molecule has 36 heavy (non-hydrogen) atoms. The highest BCUT2D eigenvalue weighted by Gasteiger charge is 2.36. The Bertz CT molecular complexity index is 1170. The van der Waals surface area contributed by atoms with Gasteiger partial charge >= 0.3 is 11.4 Å². The Balaban J connectivity index is 0.000000201. The topological polar surface area (TPSA) is 250 Å². The summed E-state index contributed by atoms with van der Waals surface area (Å²) in [6, 6.07) is 0. The molecule has 6 atom stereocenters. The van der Waals surface area contributed by atoms with Crippen LogP contribution in [0.1, 0.15) is 36.4 Å². The summed E-state index contributed by atoms with van der Waals surface area (Å²) in [4.78, 5) is 49.8. The lowest BCUT2D eigenvalue weighted by atomic mass is 10.2. The maximum atomic E-state index is 11.6. The largest absolute Gasteiger partial charge is 0.394 e. The van der Waals surface area contributed by atoms with Gasteiger partial charge in [-0.15, -0.1) is 0 Å². The van der Waals surface area contributed by atoms with Crippen LogP contribution < -0.4 is 22.5 Å². The highest BCUT2D eigenvalue weighted by molar-refractivity contribution is 5.04. The summed E-state index contributed by atoms with van der Waals surface area (Å²) < 4.78 is 12.8. The molecule has 0 aliphatic carbocycles. The van der Waals surface area contributed by atoms with Gasteiger partial charge in [-0.05, 0) is 0 Å². The van der Waals surface area contributed by atoms with Crippen molar-refractivity contribution in [3.05, 3.63) is 65.2 Å². The van der Waals surface area contributed by atoms with Crippen LogP contribution in [0.5, 0.6) is 0 Å². The molecule has 2 aliphatic rings. The Kier molecular flexibility index (Phi) is 9.09. The van der Waals surface area contributed by atoms with E-state index in [4.69, 9.17) is 29.9 Å². The highest BCUT2D eigenvalue weighted by Crippen LogP contribution is 2.28. The number of ether oxygens (including phenoxy) is 2. The standard InChI is InChI=1S/2C10H14N2O6/c2*13-3-5-2-12(10(17)11-9(5)16)8-1-6(15)7(4-14)18-8/h2*2,6-8,13-15H,1,3-4H2,(H,11,16,17)/t2*6-,7+,8+/m00/s1. The van der Waals surface area contributed by atoms with Gasteiger partial charge in [-0.3, -0.25) is 28.7 Å². The fourth-order valence-electron chi connectivity index (χ4n) is 3.81. The molecule has 0 aromatic carbocycles. The van der Waals surface area contributed by atoms with Crippen molar-refractivity contribution in [3.8, 4) is 0 Å². The molecule has 2 saturated heterocycles. The van der Waals surface area contributed by atoms with E-state index in [-0.39, 0.29) is 37.2 Å². The van der Waals surface area contributed by atoms with Gasteiger partial charge in [-0.1, -0.05) is 0 Å². The first kappa shape index (κ1) is 27.6. The molecule has 8 N–H and O–H groups in total. The molecule has 2 aromatic rings. The van der Waals surface area contributed by atoms with Crippen LogP contribution in [0.2, 0.25) is 0 Å². The third-order valence-electron chi connectivity index (χ3n) is 5.81. The fraction of sp³-hybridized carbons (Fsp3) is 0.600. The van der Waals surface area contributed by atoms with Crippen molar-refractivity contribution in [2.45, 2.75) is 62.9 Å². The molecule has 2 aliphatic heterocycles. The lowest BCUT2D eigenvalue weighted by molar-refractivity contribution is -0.0460. The number of nitrogens with zero attached hydrogens (tertiary/aromatic N) is 2. The lowest BCUT2D eigenvalue weighted by Gasteiger charge is -2.14. The van der Waals surface area contributed by atoms with Gasteiger partial charge in [-0.25, -0.2) is 9.59 Å². The number of aromatic amines is 2. The van der Waals surface area contributed by atoms with Gasteiger partial charge in [0.15, 0.2) is 0 Å². The van der Waals surface area contributed by atoms with Crippen molar-refractivity contribution in [1.82, 2.24) is 19.1 Å². The molecular formula is C20H28N4O12. The first-order valence-electron chi connectivity index (χ1n) is 10.9. The number of rotatable bonds is 6. The second-order valence-corrected chi connectivity index (χ2v) is 8.19. The molecule has 2 fully saturated rings. The minimum absolute atomic E-state index is 0.0279. The van der Waals surface area contributed by atoms with Gasteiger partial charge in [-0.2, -0.15) is 0 Å². The average Bonchev–Trinajstić information content (AvgIpc) is 3.41. The van der Waals surface area contributed by atoms with Gasteiger partial charge in [0, 0.05) is 25.2 Å². The van der Waals surface area contributed by atoms with Crippen LogP contribution in [-0.2, 0) is 22.7 Å². The minimum Gasteiger partial charge on any atom is -0.394 e. The molecule has 0 spiro atoms. The second-order valence-electron chi connectivity index (χ2n) is 8.19. The summed E-state index contributed by atoms with van der Waals surface area (Å²) in [5, 5.41) is 55.0. The fourth-order valence-corrected chi connectivity index (χ4v) is 3.81. The van der Waals surface area contributed by atoms with Crippen molar-refractivity contribution < 1.29 is 40.1 Å². The summed E-state index contributed by atoms with van der Waals surface area (Å²) >= 11 is 0. The van der Waals surface area contributed by atoms with E-state index in [1.54, 1.807) is 0 Å². The molecule has 0 radical (unpaired) electrons.